The van der Waals surface area contributed by atoms with Crippen LogP contribution in [0.5, 0.6) is 5.75 Å². The maximum atomic E-state index is 11.4. The van der Waals surface area contributed by atoms with Gasteiger partial charge in [-0.3, -0.25) is 0 Å². The molecule has 1 aromatic heterocycles. The number of pyridine rings is 1. The van der Waals surface area contributed by atoms with Gasteiger partial charge in [0, 0.05) is 17.9 Å². The Morgan fingerprint density at radius 2 is 2.05 bits per heavy atom. The number of nitrogens with zero attached hydrogens (tertiary/aromatic N) is 2. The topological polar surface area (TPSA) is 80.2 Å². The number of aliphatic hydroxyl groups excluding tert-OH is 1. The van der Waals surface area contributed by atoms with Crippen LogP contribution < -0.4 is 9.47 Å². The second kappa shape index (κ2) is 7.53. The minimum atomic E-state index is -0.689. The molecule has 0 saturated heterocycles. The SMILES string of the molecule is N#Cc1ccc(OC[C@@H](O)CSc2cccc[n+]2[O-])cc1. The molecule has 1 aromatic carbocycles. The molecule has 0 amide bonds. The second-order valence-electron chi connectivity index (χ2n) is 4.28. The Bertz CT molecular complexity index is 626. The highest BCUT2D eigenvalue weighted by Crippen LogP contribution is 2.15. The summed E-state index contributed by atoms with van der Waals surface area (Å²) in [5, 5.41) is 30.5. The zero-order chi connectivity index (χ0) is 15.1. The highest BCUT2D eigenvalue weighted by atomic mass is 32.2. The van der Waals surface area contributed by atoms with Gasteiger partial charge >= 0.3 is 0 Å². The van der Waals surface area contributed by atoms with E-state index in [1.807, 2.05) is 6.07 Å². The minimum Gasteiger partial charge on any atom is -0.618 e. The lowest BCUT2D eigenvalue weighted by Gasteiger charge is -2.11. The van der Waals surface area contributed by atoms with E-state index in [2.05, 4.69) is 0 Å². The van der Waals surface area contributed by atoms with Crippen molar-refractivity contribution in [2.24, 2.45) is 0 Å². The first-order valence-corrected chi connectivity index (χ1v) is 7.29. The standard InChI is InChI=1S/C15H14N2O3S/c16-9-12-4-6-14(7-5-12)20-10-13(18)11-21-15-3-1-2-8-17(15)19/h1-8,13,18H,10-11H2/t13-/m1/s1. The van der Waals surface area contributed by atoms with Gasteiger partial charge in [0.1, 0.15) is 12.4 Å². The van der Waals surface area contributed by atoms with E-state index in [9.17, 15) is 10.3 Å². The first kappa shape index (κ1) is 15.2. The van der Waals surface area contributed by atoms with Crippen molar-refractivity contribution in [2.45, 2.75) is 11.1 Å². The summed E-state index contributed by atoms with van der Waals surface area (Å²) in [5.41, 5.74) is 0.558. The van der Waals surface area contributed by atoms with Crippen LogP contribution in [0.3, 0.4) is 0 Å². The summed E-state index contributed by atoms with van der Waals surface area (Å²) in [6.07, 6.45) is 0.730. The number of benzene rings is 1. The molecule has 21 heavy (non-hydrogen) atoms. The molecule has 0 aliphatic rings. The van der Waals surface area contributed by atoms with Gasteiger partial charge in [-0.1, -0.05) is 11.8 Å². The second-order valence-corrected chi connectivity index (χ2v) is 5.32. The number of nitriles is 1. The van der Waals surface area contributed by atoms with Gasteiger partial charge in [-0.2, -0.15) is 9.99 Å². The molecule has 108 valence electrons. The van der Waals surface area contributed by atoms with Crippen LogP contribution in [0.1, 0.15) is 5.56 Å². The van der Waals surface area contributed by atoms with E-state index in [0.717, 1.165) is 4.73 Å². The third-order valence-corrected chi connectivity index (χ3v) is 3.80. The normalized spacial score (nSPS) is 11.6. The highest BCUT2D eigenvalue weighted by Gasteiger charge is 2.10. The van der Waals surface area contributed by atoms with Gasteiger partial charge in [-0.05, 0) is 30.3 Å². The average molecular weight is 302 g/mol. The van der Waals surface area contributed by atoms with Crippen LogP contribution in [-0.2, 0) is 0 Å². The zero-order valence-electron chi connectivity index (χ0n) is 11.2. The molecule has 5 nitrogen and oxygen atoms in total. The predicted octanol–water partition coefficient (Wildman–Crippen LogP) is 1.72. The van der Waals surface area contributed by atoms with Crippen molar-refractivity contribution in [1.82, 2.24) is 0 Å². The molecule has 1 N–H and O–H groups in total. The van der Waals surface area contributed by atoms with Gasteiger partial charge in [0.2, 0.25) is 0 Å². The van der Waals surface area contributed by atoms with Crippen molar-refractivity contribution >= 4 is 11.8 Å². The molecule has 0 aliphatic heterocycles. The number of aromatic nitrogens is 1. The third kappa shape index (κ3) is 4.67. The number of thioether (sulfide) groups is 1. The first-order valence-electron chi connectivity index (χ1n) is 6.31. The van der Waals surface area contributed by atoms with Crippen molar-refractivity contribution in [2.75, 3.05) is 12.4 Å². The van der Waals surface area contributed by atoms with Crippen LogP contribution in [0.4, 0.5) is 0 Å². The Balaban J connectivity index is 1.78. The molecule has 1 heterocycles. The quantitative estimate of drug-likeness (QED) is 0.499. The highest BCUT2D eigenvalue weighted by molar-refractivity contribution is 7.99. The van der Waals surface area contributed by atoms with Gasteiger partial charge < -0.3 is 15.1 Å². The van der Waals surface area contributed by atoms with Crippen molar-refractivity contribution < 1.29 is 14.6 Å². The van der Waals surface area contributed by atoms with Crippen molar-refractivity contribution in [1.29, 1.82) is 5.26 Å². The molecule has 6 heteroatoms. The van der Waals surface area contributed by atoms with E-state index in [1.165, 1.54) is 18.0 Å². The van der Waals surface area contributed by atoms with Gasteiger partial charge in [0.05, 0.1) is 17.7 Å². The van der Waals surface area contributed by atoms with Crippen molar-refractivity contribution in [3.05, 3.63) is 59.4 Å². The maximum Gasteiger partial charge on any atom is 0.251 e. The molecule has 2 aromatic rings. The van der Waals surface area contributed by atoms with Crippen LogP contribution in [0.25, 0.3) is 0 Å². The Kier molecular flexibility index (Phi) is 5.43. The molecule has 0 spiro atoms. The van der Waals surface area contributed by atoms with Gasteiger partial charge in [0.25, 0.3) is 5.03 Å². The molecular weight excluding hydrogens is 288 g/mol. The van der Waals surface area contributed by atoms with E-state index < -0.39 is 6.10 Å². The Labute approximate surface area is 127 Å². The zero-order valence-corrected chi connectivity index (χ0v) is 12.0. The fourth-order valence-corrected chi connectivity index (χ4v) is 2.39. The van der Waals surface area contributed by atoms with E-state index in [4.69, 9.17) is 10.00 Å². The Morgan fingerprint density at radius 3 is 2.71 bits per heavy atom. The summed E-state index contributed by atoms with van der Waals surface area (Å²) < 4.78 is 6.19. The molecule has 1 atom stereocenters. The van der Waals surface area contributed by atoms with Crippen LogP contribution in [0.15, 0.2) is 53.7 Å². The summed E-state index contributed by atoms with van der Waals surface area (Å²) >= 11 is 1.27. The number of hydrogen-bond donors (Lipinski definition) is 1. The van der Waals surface area contributed by atoms with Gasteiger partial charge in [-0.15, -0.1) is 0 Å². The van der Waals surface area contributed by atoms with E-state index in [-0.39, 0.29) is 6.61 Å². The lowest BCUT2D eigenvalue weighted by Crippen LogP contribution is -2.29. The largest absolute Gasteiger partial charge is 0.618 e. The van der Waals surface area contributed by atoms with Crippen LogP contribution in [0.2, 0.25) is 0 Å². The summed E-state index contributed by atoms with van der Waals surface area (Å²) in [6.45, 7) is 0.130. The molecule has 0 aliphatic carbocycles. The van der Waals surface area contributed by atoms with Crippen molar-refractivity contribution in [3.63, 3.8) is 0 Å². The fourth-order valence-electron chi connectivity index (χ4n) is 1.57. The monoisotopic (exact) mass is 302 g/mol. The molecule has 0 bridgehead atoms. The molecule has 0 radical (unpaired) electrons. The third-order valence-electron chi connectivity index (χ3n) is 2.64. The average Bonchev–Trinajstić information content (AvgIpc) is 2.52. The van der Waals surface area contributed by atoms with E-state index >= 15 is 0 Å². The van der Waals surface area contributed by atoms with Crippen LogP contribution in [-0.4, -0.2) is 23.6 Å². The number of hydrogen-bond acceptors (Lipinski definition) is 5. The fraction of sp³-hybridized carbons (Fsp3) is 0.200. The molecule has 0 saturated carbocycles. The predicted molar refractivity (Wildman–Crippen MR) is 78.8 cm³/mol. The van der Waals surface area contributed by atoms with Gasteiger partial charge in [0.15, 0.2) is 6.20 Å². The summed E-state index contributed by atoms with van der Waals surface area (Å²) in [6, 6.07) is 13.8. The van der Waals surface area contributed by atoms with Crippen LogP contribution in [0, 0.1) is 16.5 Å². The van der Waals surface area contributed by atoms with Crippen molar-refractivity contribution in [3.8, 4) is 11.8 Å². The minimum absolute atomic E-state index is 0.130. The molecular formula is C15H14N2O3S. The van der Waals surface area contributed by atoms with Gasteiger partial charge in [-0.25, -0.2) is 0 Å². The smallest absolute Gasteiger partial charge is 0.251 e. The molecule has 0 unspecified atom stereocenters. The maximum absolute atomic E-state index is 11.4. The Hall–Kier alpha value is -2.23. The summed E-state index contributed by atoms with van der Waals surface area (Å²) in [5.74, 6) is 0.958. The summed E-state index contributed by atoms with van der Waals surface area (Å²) in [7, 11) is 0. The number of rotatable bonds is 6. The summed E-state index contributed by atoms with van der Waals surface area (Å²) in [4.78, 5) is 0. The first-order chi connectivity index (χ1) is 10.2. The van der Waals surface area contributed by atoms with E-state index in [1.54, 1.807) is 42.5 Å². The Morgan fingerprint density at radius 1 is 1.29 bits per heavy atom. The van der Waals surface area contributed by atoms with Crippen LogP contribution >= 0.6 is 11.8 Å². The molecule has 2 rings (SSSR count). The lowest BCUT2D eigenvalue weighted by atomic mass is 10.2. The molecule has 0 fully saturated rings. The number of aliphatic hydroxyl groups is 1. The lowest BCUT2D eigenvalue weighted by molar-refractivity contribution is -0.645. The number of ether oxygens (including phenoxy) is 1. The van der Waals surface area contributed by atoms with E-state index in [0.29, 0.717) is 22.1 Å².